The summed E-state index contributed by atoms with van der Waals surface area (Å²) in [5, 5.41) is 0. The van der Waals surface area contributed by atoms with Crippen molar-refractivity contribution < 1.29 is 37.3 Å². The summed E-state index contributed by atoms with van der Waals surface area (Å²) in [6.07, 6.45) is 39.8. The van der Waals surface area contributed by atoms with Gasteiger partial charge >= 0.3 is 5.97 Å². The van der Waals surface area contributed by atoms with E-state index < -0.39 is 13.9 Å². The van der Waals surface area contributed by atoms with Crippen LogP contribution in [0.25, 0.3) is 0 Å². The molecule has 0 amide bonds. The zero-order valence-electron chi connectivity index (χ0n) is 36.0. The first-order chi connectivity index (χ1) is 25.6. The summed E-state index contributed by atoms with van der Waals surface area (Å²) in [5.74, 6) is -0.331. The van der Waals surface area contributed by atoms with Crippen LogP contribution in [0.2, 0.25) is 0 Å². The molecule has 0 aliphatic carbocycles. The zero-order chi connectivity index (χ0) is 39.1. The molecule has 0 heterocycles. The molecule has 0 rings (SSSR count). The standard InChI is InChI=1S/C44H90NO7P/c1-6-8-10-12-14-16-18-19-20-21-22-23-24-25-26-27-28-30-32-34-36-39-49-41-43(42-51-53(47,48)50-40-38-45(3,4)5)52-44(46)37-35-33-31-29-17-15-13-11-9-7-2/h43H,6-42H2,1-5H3. The lowest BCUT2D eigenvalue weighted by atomic mass is 10.0. The molecule has 318 valence electrons. The maximum atomic E-state index is 12.6. The molecule has 0 radical (unpaired) electrons. The number of hydrogen-bond acceptors (Lipinski definition) is 7. The number of unbranched alkanes of at least 4 members (excludes halogenated alkanes) is 29. The lowest BCUT2D eigenvalue weighted by Crippen LogP contribution is -2.37. The summed E-state index contributed by atoms with van der Waals surface area (Å²) in [6.45, 7) is 5.45. The Morgan fingerprint density at radius 1 is 0.509 bits per heavy atom. The van der Waals surface area contributed by atoms with Crippen LogP contribution in [0.1, 0.15) is 219 Å². The summed E-state index contributed by atoms with van der Waals surface area (Å²) >= 11 is 0. The van der Waals surface area contributed by atoms with E-state index in [1.165, 1.54) is 167 Å². The van der Waals surface area contributed by atoms with Crippen LogP contribution in [-0.2, 0) is 27.9 Å². The molecule has 0 aliphatic rings. The number of likely N-dealkylation sites (N-methyl/N-ethyl adjacent to an activating group) is 1. The van der Waals surface area contributed by atoms with E-state index >= 15 is 0 Å². The van der Waals surface area contributed by atoms with Gasteiger partial charge in [-0.15, -0.1) is 0 Å². The number of carbonyl (C=O) groups excluding carboxylic acids is 1. The van der Waals surface area contributed by atoms with Crippen LogP contribution in [-0.4, -0.2) is 70.7 Å². The largest absolute Gasteiger partial charge is 0.756 e. The minimum atomic E-state index is -4.51. The fourth-order valence-corrected chi connectivity index (χ4v) is 7.34. The van der Waals surface area contributed by atoms with Crippen LogP contribution >= 0.6 is 7.82 Å². The third kappa shape index (κ3) is 42.5. The average molecular weight is 776 g/mol. The Balaban J connectivity index is 4.05. The second-order valence-electron chi connectivity index (χ2n) is 16.8. The van der Waals surface area contributed by atoms with Gasteiger partial charge in [0.1, 0.15) is 19.3 Å². The van der Waals surface area contributed by atoms with E-state index in [4.69, 9.17) is 18.5 Å². The minimum Gasteiger partial charge on any atom is -0.756 e. The molecule has 0 bridgehead atoms. The number of carbonyl (C=O) groups is 1. The summed E-state index contributed by atoms with van der Waals surface area (Å²) in [5.41, 5.74) is 0. The van der Waals surface area contributed by atoms with Crippen molar-refractivity contribution in [3.63, 3.8) is 0 Å². The predicted molar refractivity (Wildman–Crippen MR) is 222 cm³/mol. The van der Waals surface area contributed by atoms with E-state index in [-0.39, 0.29) is 25.8 Å². The summed E-state index contributed by atoms with van der Waals surface area (Å²) in [4.78, 5) is 25.0. The second kappa shape index (κ2) is 38.4. The van der Waals surface area contributed by atoms with Crippen LogP contribution in [0.4, 0.5) is 0 Å². The molecular formula is C44H90NO7P. The topological polar surface area (TPSA) is 94.1 Å². The van der Waals surface area contributed by atoms with Gasteiger partial charge in [-0.1, -0.05) is 200 Å². The first kappa shape index (κ1) is 52.5. The summed E-state index contributed by atoms with van der Waals surface area (Å²) in [6, 6.07) is 0. The quantitative estimate of drug-likeness (QED) is 0.0263. The molecule has 2 atom stereocenters. The number of esters is 1. The van der Waals surface area contributed by atoms with Gasteiger partial charge in [-0.3, -0.25) is 9.36 Å². The third-order valence-electron chi connectivity index (χ3n) is 10.2. The van der Waals surface area contributed by atoms with Crippen molar-refractivity contribution >= 4 is 13.8 Å². The van der Waals surface area contributed by atoms with Gasteiger partial charge in [0.05, 0.1) is 34.4 Å². The molecule has 0 aromatic carbocycles. The molecule has 0 N–H and O–H groups in total. The smallest absolute Gasteiger partial charge is 0.306 e. The molecule has 9 heteroatoms. The van der Waals surface area contributed by atoms with E-state index in [9.17, 15) is 14.3 Å². The van der Waals surface area contributed by atoms with E-state index in [0.29, 0.717) is 24.1 Å². The first-order valence-electron chi connectivity index (χ1n) is 22.8. The highest BCUT2D eigenvalue weighted by Crippen LogP contribution is 2.38. The third-order valence-corrected chi connectivity index (χ3v) is 11.1. The van der Waals surface area contributed by atoms with Crippen molar-refractivity contribution in [3.8, 4) is 0 Å². The Kier molecular flexibility index (Phi) is 38.0. The van der Waals surface area contributed by atoms with Gasteiger partial charge in [0.15, 0.2) is 0 Å². The van der Waals surface area contributed by atoms with Crippen molar-refractivity contribution in [2.45, 2.75) is 225 Å². The Hall–Kier alpha value is -0.500. The van der Waals surface area contributed by atoms with Crippen LogP contribution in [0.3, 0.4) is 0 Å². The van der Waals surface area contributed by atoms with Gasteiger partial charge < -0.3 is 27.9 Å². The van der Waals surface area contributed by atoms with E-state index in [1.807, 2.05) is 21.1 Å². The maximum absolute atomic E-state index is 12.6. The summed E-state index contributed by atoms with van der Waals surface area (Å²) in [7, 11) is 1.37. The fourth-order valence-electron chi connectivity index (χ4n) is 6.61. The molecule has 2 unspecified atom stereocenters. The lowest BCUT2D eigenvalue weighted by Gasteiger charge is -2.28. The highest BCUT2D eigenvalue weighted by atomic mass is 31.2. The van der Waals surface area contributed by atoms with Gasteiger partial charge in [0, 0.05) is 13.0 Å². The van der Waals surface area contributed by atoms with Gasteiger partial charge in [-0.05, 0) is 12.8 Å². The van der Waals surface area contributed by atoms with Gasteiger partial charge in [0.25, 0.3) is 7.82 Å². The highest BCUT2D eigenvalue weighted by molar-refractivity contribution is 7.45. The van der Waals surface area contributed by atoms with Gasteiger partial charge in [0.2, 0.25) is 0 Å². The van der Waals surface area contributed by atoms with Crippen LogP contribution < -0.4 is 4.89 Å². The Morgan fingerprint density at radius 2 is 0.868 bits per heavy atom. The number of hydrogen-bond donors (Lipinski definition) is 0. The molecule has 8 nitrogen and oxygen atoms in total. The van der Waals surface area contributed by atoms with Gasteiger partial charge in [-0.25, -0.2) is 0 Å². The first-order valence-corrected chi connectivity index (χ1v) is 24.2. The molecule has 0 aromatic heterocycles. The molecule has 53 heavy (non-hydrogen) atoms. The number of quaternary nitrogens is 1. The Morgan fingerprint density at radius 3 is 1.25 bits per heavy atom. The second-order valence-corrected chi connectivity index (χ2v) is 18.2. The van der Waals surface area contributed by atoms with E-state index in [1.54, 1.807) is 0 Å². The molecule has 0 spiro atoms. The number of phosphoric ester groups is 1. The van der Waals surface area contributed by atoms with Gasteiger partial charge in [-0.2, -0.15) is 0 Å². The molecule has 0 aromatic rings. The number of ether oxygens (including phenoxy) is 2. The van der Waals surface area contributed by atoms with Crippen molar-refractivity contribution in [2.75, 3.05) is 54.1 Å². The number of phosphoric acid groups is 1. The van der Waals surface area contributed by atoms with Crippen molar-refractivity contribution in [1.82, 2.24) is 0 Å². The zero-order valence-corrected chi connectivity index (χ0v) is 36.9. The van der Waals surface area contributed by atoms with E-state index in [2.05, 4.69) is 13.8 Å². The SMILES string of the molecule is CCCCCCCCCCCCCCCCCCCCCCCOCC(COP(=O)([O-])OCC[N+](C)(C)C)OC(=O)CCCCCCCCCCCC. The van der Waals surface area contributed by atoms with Crippen molar-refractivity contribution in [2.24, 2.45) is 0 Å². The average Bonchev–Trinajstić information content (AvgIpc) is 3.11. The van der Waals surface area contributed by atoms with Crippen LogP contribution in [0.15, 0.2) is 0 Å². The fraction of sp³-hybridized carbons (Fsp3) is 0.977. The van der Waals surface area contributed by atoms with Crippen LogP contribution in [0, 0.1) is 0 Å². The maximum Gasteiger partial charge on any atom is 0.306 e. The lowest BCUT2D eigenvalue weighted by molar-refractivity contribution is -0.870. The Labute approximate surface area is 329 Å². The molecule has 0 saturated carbocycles. The molecular weight excluding hydrogens is 685 g/mol. The minimum absolute atomic E-state index is 0.0312. The highest BCUT2D eigenvalue weighted by Gasteiger charge is 2.20. The Bertz CT molecular complexity index is 822. The number of nitrogens with zero attached hydrogens (tertiary/aromatic N) is 1. The van der Waals surface area contributed by atoms with E-state index in [0.717, 1.165) is 32.1 Å². The molecule has 0 saturated heterocycles. The van der Waals surface area contributed by atoms with Crippen LogP contribution in [0.5, 0.6) is 0 Å². The van der Waals surface area contributed by atoms with Crippen molar-refractivity contribution in [1.29, 1.82) is 0 Å². The van der Waals surface area contributed by atoms with Crippen molar-refractivity contribution in [3.05, 3.63) is 0 Å². The normalized spacial score (nSPS) is 13.7. The monoisotopic (exact) mass is 776 g/mol. The molecule has 0 fully saturated rings. The number of rotatable bonds is 43. The predicted octanol–water partition coefficient (Wildman–Crippen LogP) is 12.6. The molecule has 0 aliphatic heterocycles. The summed E-state index contributed by atoms with van der Waals surface area (Å²) < 4.78 is 34.6.